The van der Waals surface area contributed by atoms with Crippen LogP contribution in [0.5, 0.6) is 0 Å². The number of hydrogen-bond acceptors (Lipinski definition) is 5. The number of amides is 3. The maximum absolute atomic E-state index is 12.7. The van der Waals surface area contributed by atoms with E-state index < -0.39 is 29.4 Å². The van der Waals surface area contributed by atoms with E-state index in [2.05, 4.69) is 10.6 Å². The molecule has 1 aliphatic heterocycles. The van der Waals surface area contributed by atoms with Gasteiger partial charge >= 0.3 is 5.97 Å². The number of nitrogens with zero attached hydrogens (tertiary/aromatic N) is 1. The largest absolute Gasteiger partial charge is 0.460 e. The average molecular weight is 444 g/mol. The molecule has 174 valence electrons. The van der Waals surface area contributed by atoms with Crippen molar-refractivity contribution in [3.63, 3.8) is 0 Å². The summed E-state index contributed by atoms with van der Waals surface area (Å²) in [5, 5.41) is 5.25. The molecular weight excluding hydrogens is 410 g/mol. The summed E-state index contributed by atoms with van der Waals surface area (Å²) in [6, 6.07) is 8.11. The molecule has 0 saturated carbocycles. The van der Waals surface area contributed by atoms with E-state index >= 15 is 0 Å². The fourth-order valence-electron chi connectivity index (χ4n) is 3.23. The predicted octanol–water partition coefficient (Wildman–Crippen LogP) is 1.90. The van der Waals surface area contributed by atoms with Gasteiger partial charge in [-0.15, -0.1) is 0 Å². The van der Waals surface area contributed by atoms with E-state index in [1.807, 2.05) is 36.4 Å². The van der Waals surface area contributed by atoms with Crippen molar-refractivity contribution in [2.75, 3.05) is 19.7 Å². The topological polar surface area (TPSA) is 105 Å². The van der Waals surface area contributed by atoms with Gasteiger partial charge in [0.15, 0.2) is 0 Å². The molecule has 3 amide bonds. The third-order valence-electron chi connectivity index (χ3n) is 5.10. The molecule has 2 N–H and O–H groups in total. The highest BCUT2D eigenvalue weighted by atomic mass is 16.5. The fourth-order valence-corrected chi connectivity index (χ4v) is 3.23. The van der Waals surface area contributed by atoms with Gasteiger partial charge in [-0.25, -0.2) is 4.79 Å². The van der Waals surface area contributed by atoms with E-state index in [0.717, 1.165) is 5.56 Å². The van der Waals surface area contributed by atoms with Crippen LogP contribution in [-0.4, -0.2) is 60.4 Å². The Bertz CT molecular complexity index is 845. The van der Waals surface area contributed by atoms with E-state index in [4.69, 9.17) is 4.74 Å². The lowest BCUT2D eigenvalue weighted by Crippen LogP contribution is -2.52. The Morgan fingerprint density at radius 3 is 2.53 bits per heavy atom. The number of carbonyl (C=O) groups excluding carboxylic acids is 4. The van der Waals surface area contributed by atoms with Gasteiger partial charge in [-0.2, -0.15) is 0 Å². The smallest absolute Gasteiger partial charge is 0.328 e. The van der Waals surface area contributed by atoms with Gasteiger partial charge in [0.2, 0.25) is 17.7 Å². The van der Waals surface area contributed by atoms with Gasteiger partial charge in [0.05, 0.1) is 6.54 Å². The Kier molecular flexibility index (Phi) is 8.99. The summed E-state index contributed by atoms with van der Waals surface area (Å²) in [5.41, 5.74) is 0.392. The third kappa shape index (κ3) is 7.51. The molecule has 0 aromatic heterocycles. The lowest BCUT2D eigenvalue weighted by Gasteiger charge is -2.26. The monoisotopic (exact) mass is 443 g/mol. The number of hydrogen-bond donors (Lipinski definition) is 2. The summed E-state index contributed by atoms with van der Waals surface area (Å²) < 4.78 is 5.19. The van der Waals surface area contributed by atoms with Crippen LogP contribution >= 0.6 is 0 Å². The van der Waals surface area contributed by atoms with E-state index in [1.54, 1.807) is 33.8 Å². The van der Waals surface area contributed by atoms with Crippen LogP contribution in [0.1, 0.15) is 46.1 Å². The molecular formula is C24H33N3O5. The van der Waals surface area contributed by atoms with E-state index in [1.165, 1.54) is 4.90 Å². The summed E-state index contributed by atoms with van der Waals surface area (Å²) >= 11 is 0. The zero-order chi connectivity index (χ0) is 23.7. The summed E-state index contributed by atoms with van der Waals surface area (Å²) in [7, 11) is 0. The Morgan fingerprint density at radius 2 is 1.88 bits per heavy atom. The zero-order valence-corrected chi connectivity index (χ0v) is 19.2. The highest BCUT2D eigenvalue weighted by molar-refractivity contribution is 5.93. The van der Waals surface area contributed by atoms with Gasteiger partial charge < -0.3 is 20.3 Å². The van der Waals surface area contributed by atoms with Gasteiger partial charge in [0.1, 0.15) is 18.7 Å². The minimum Gasteiger partial charge on any atom is -0.460 e. The molecule has 1 aromatic carbocycles. The zero-order valence-electron chi connectivity index (χ0n) is 19.2. The molecule has 0 unspecified atom stereocenters. The van der Waals surface area contributed by atoms with Crippen molar-refractivity contribution in [1.82, 2.24) is 15.5 Å². The van der Waals surface area contributed by atoms with E-state index in [0.29, 0.717) is 19.4 Å². The second-order valence-electron chi connectivity index (χ2n) is 8.85. The SMILES string of the molecule is C[C@H](NC(=O)[C@@H]1CCCN1C(=O)CNC(=O)C(C)(C)C)C(=O)OC/C=C/c1ccccc1. The van der Waals surface area contributed by atoms with Gasteiger partial charge in [-0.05, 0) is 31.4 Å². The van der Waals surface area contributed by atoms with Crippen molar-refractivity contribution in [2.24, 2.45) is 5.41 Å². The normalized spacial score (nSPS) is 17.1. The lowest BCUT2D eigenvalue weighted by molar-refractivity contribution is -0.147. The van der Waals surface area contributed by atoms with Crippen molar-refractivity contribution in [3.05, 3.63) is 42.0 Å². The highest BCUT2D eigenvalue weighted by Crippen LogP contribution is 2.18. The van der Waals surface area contributed by atoms with Gasteiger partial charge in [0.25, 0.3) is 0 Å². The molecule has 2 rings (SSSR count). The average Bonchev–Trinajstić information content (AvgIpc) is 3.24. The first-order valence-corrected chi connectivity index (χ1v) is 10.9. The van der Waals surface area contributed by atoms with Crippen molar-refractivity contribution in [2.45, 2.75) is 52.6 Å². The molecule has 1 heterocycles. The summed E-state index contributed by atoms with van der Waals surface area (Å²) in [5.74, 6) is -1.50. The molecule has 1 saturated heterocycles. The Hall–Kier alpha value is -3.16. The predicted molar refractivity (Wildman–Crippen MR) is 121 cm³/mol. The van der Waals surface area contributed by atoms with E-state index in [-0.39, 0.29) is 25.0 Å². The minimum absolute atomic E-state index is 0.0927. The minimum atomic E-state index is -0.842. The lowest BCUT2D eigenvalue weighted by atomic mass is 9.96. The molecule has 1 aromatic rings. The maximum Gasteiger partial charge on any atom is 0.328 e. The molecule has 0 aliphatic carbocycles. The van der Waals surface area contributed by atoms with Crippen molar-refractivity contribution >= 4 is 29.8 Å². The summed E-state index contributed by atoms with van der Waals surface area (Å²) in [6.07, 6.45) is 4.76. The first-order chi connectivity index (χ1) is 15.1. The molecule has 32 heavy (non-hydrogen) atoms. The fraction of sp³-hybridized carbons (Fsp3) is 0.500. The first-order valence-electron chi connectivity index (χ1n) is 10.9. The van der Waals surface area contributed by atoms with Crippen LogP contribution in [0.2, 0.25) is 0 Å². The number of nitrogens with one attached hydrogen (secondary N) is 2. The molecule has 0 spiro atoms. The van der Waals surface area contributed by atoms with Crippen LogP contribution in [0.3, 0.4) is 0 Å². The molecule has 8 heteroatoms. The van der Waals surface area contributed by atoms with Gasteiger partial charge in [-0.3, -0.25) is 14.4 Å². The van der Waals surface area contributed by atoms with E-state index in [9.17, 15) is 19.2 Å². The number of rotatable bonds is 8. The van der Waals surface area contributed by atoms with Crippen LogP contribution in [0, 0.1) is 5.41 Å². The van der Waals surface area contributed by atoms with Crippen LogP contribution in [-0.2, 0) is 23.9 Å². The second kappa shape index (κ2) is 11.5. The molecule has 1 fully saturated rings. The number of esters is 1. The van der Waals surface area contributed by atoms with Crippen LogP contribution in [0.15, 0.2) is 36.4 Å². The van der Waals surface area contributed by atoms with Crippen molar-refractivity contribution in [3.8, 4) is 0 Å². The van der Waals surface area contributed by atoms with Crippen LogP contribution in [0.25, 0.3) is 6.08 Å². The Morgan fingerprint density at radius 1 is 1.19 bits per heavy atom. The van der Waals surface area contributed by atoms with Crippen LogP contribution < -0.4 is 10.6 Å². The number of ether oxygens (including phenoxy) is 1. The highest BCUT2D eigenvalue weighted by Gasteiger charge is 2.35. The molecule has 0 bridgehead atoms. The summed E-state index contributed by atoms with van der Waals surface area (Å²) in [4.78, 5) is 50.8. The Balaban J connectivity index is 1.80. The quantitative estimate of drug-likeness (QED) is 0.597. The molecule has 8 nitrogen and oxygen atoms in total. The molecule has 1 aliphatic rings. The molecule has 2 atom stereocenters. The Labute approximate surface area is 189 Å². The van der Waals surface area contributed by atoms with Crippen LogP contribution in [0.4, 0.5) is 0 Å². The number of benzene rings is 1. The van der Waals surface area contributed by atoms with Crippen molar-refractivity contribution < 1.29 is 23.9 Å². The van der Waals surface area contributed by atoms with Gasteiger partial charge in [-0.1, -0.05) is 57.2 Å². The third-order valence-corrected chi connectivity index (χ3v) is 5.10. The summed E-state index contributed by atoms with van der Waals surface area (Å²) in [6.45, 7) is 7.20. The van der Waals surface area contributed by atoms with Gasteiger partial charge in [0, 0.05) is 12.0 Å². The second-order valence-corrected chi connectivity index (χ2v) is 8.85. The molecule has 0 radical (unpaired) electrons. The maximum atomic E-state index is 12.7. The number of carbonyl (C=O) groups is 4. The first kappa shape index (κ1) is 25.1. The van der Waals surface area contributed by atoms with Crippen molar-refractivity contribution in [1.29, 1.82) is 0 Å². The number of likely N-dealkylation sites (tertiary alicyclic amines) is 1. The standard InChI is InChI=1S/C24H33N3O5/c1-17(22(30)32-15-9-12-18-10-6-5-7-11-18)26-21(29)19-13-8-14-27(19)20(28)16-25-23(31)24(2,3)4/h5-7,9-12,17,19H,8,13-16H2,1-4H3,(H,25,31)(H,26,29)/b12-9+/t17-,19-/m0/s1.